The summed E-state index contributed by atoms with van der Waals surface area (Å²) in [5.74, 6) is -0.523. The second kappa shape index (κ2) is 18.5. The van der Waals surface area contributed by atoms with E-state index >= 15 is 0 Å². The molecule has 14 heteroatoms. The summed E-state index contributed by atoms with van der Waals surface area (Å²) < 4.78 is 0. The zero-order valence-corrected chi connectivity index (χ0v) is 26.1. The Hall–Kier alpha value is -1.96. The maximum absolute atomic E-state index is 10.8. The van der Waals surface area contributed by atoms with Gasteiger partial charge in [-0.3, -0.25) is 0 Å². The number of aryl methyl sites for hydroxylation is 1. The molecule has 0 aliphatic carbocycles. The third kappa shape index (κ3) is 11.9. The number of hydrogen-bond donors (Lipinski definition) is 3. The minimum Gasteiger partial charge on any atom is -0.476 e. The predicted octanol–water partition coefficient (Wildman–Crippen LogP) is 3.45. The molecule has 220 valence electrons. The summed E-state index contributed by atoms with van der Waals surface area (Å²) in [4.78, 5) is 44.2. The largest absolute Gasteiger partial charge is 0.476 e. The fraction of sp³-hybridized carbons (Fsp3) is 0.654. The minimum absolute atomic E-state index is 0.0348. The van der Waals surface area contributed by atoms with Crippen molar-refractivity contribution in [3.63, 3.8) is 0 Å². The van der Waals surface area contributed by atoms with E-state index in [1.165, 1.54) is 24.1 Å². The fourth-order valence-corrected chi connectivity index (χ4v) is 5.90. The summed E-state index contributed by atoms with van der Waals surface area (Å²) >= 11 is 2.61. The molecule has 10 nitrogen and oxygen atoms in total. The molecule has 0 amide bonds. The van der Waals surface area contributed by atoms with Crippen molar-refractivity contribution in [3.05, 3.63) is 32.2 Å². The molecule has 0 saturated heterocycles. The third-order valence-electron chi connectivity index (χ3n) is 6.40. The number of carbonyl (C=O) groups excluding carboxylic acids is 2. The summed E-state index contributed by atoms with van der Waals surface area (Å²) in [6.07, 6.45) is 2.06. The van der Waals surface area contributed by atoms with Crippen molar-refractivity contribution in [1.82, 2.24) is 19.6 Å². The molecule has 4 atom stereocenters. The Bertz CT molecular complexity index is 1040. The lowest BCUT2D eigenvalue weighted by atomic mass is 9.85. The molecule has 0 saturated carbocycles. The molecule has 2 aromatic heterocycles. The van der Waals surface area contributed by atoms with Crippen LogP contribution in [0, 0.1) is 18.8 Å². The molecular weight excluding hydrogens is 550 g/mol. The Balaban J connectivity index is 0.000000400. The van der Waals surface area contributed by atoms with Gasteiger partial charge in [0.1, 0.15) is 22.2 Å². The van der Waals surface area contributed by atoms with E-state index in [9.17, 15) is 24.6 Å². The van der Waals surface area contributed by atoms with E-state index in [2.05, 4.69) is 30.7 Å². The van der Waals surface area contributed by atoms with Crippen molar-refractivity contribution in [2.75, 3.05) is 13.6 Å². The van der Waals surface area contributed by atoms with Crippen LogP contribution in [0.3, 0.4) is 0 Å². The van der Waals surface area contributed by atoms with E-state index in [4.69, 9.17) is 5.11 Å². The van der Waals surface area contributed by atoms with Gasteiger partial charge in [-0.15, -0.1) is 22.7 Å². The predicted molar refractivity (Wildman–Crippen MR) is 162 cm³/mol. The van der Waals surface area contributed by atoms with Gasteiger partial charge in [-0.2, -0.15) is 0 Å². The Labute approximate surface area is 247 Å². The zero-order valence-electron chi connectivity index (χ0n) is 24.4. The number of aliphatic hydroxyl groups is 2. The maximum atomic E-state index is 10.8. The maximum Gasteiger partial charge on any atom is 0.355 e. The van der Waals surface area contributed by atoms with Crippen molar-refractivity contribution in [2.45, 2.75) is 85.1 Å². The number of carboxylic acids is 1. The smallest absolute Gasteiger partial charge is 0.355 e. The SMILES string of the molecule is CC(C)[C@@H](C[C@@H](O)c1nc(C(=O)O)cs1)N(C)[B]C=O.CCCN([B]C=O)[C@H](C[C@@H](O)c1nc(C)cs1)C(C)C. The molecule has 0 spiro atoms. The average molecular weight is 592 g/mol. The van der Waals surface area contributed by atoms with Crippen LogP contribution in [0.25, 0.3) is 0 Å². The molecule has 2 rings (SSSR count). The summed E-state index contributed by atoms with van der Waals surface area (Å²) in [5.41, 5.74) is 0.882. The second-order valence-corrected chi connectivity index (χ2v) is 12.1. The number of aromatic nitrogens is 2. The molecule has 2 heterocycles. The van der Waals surface area contributed by atoms with Crippen LogP contribution >= 0.6 is 22.7 Å². The summed E-state index contributed by atoms with van der Waals surface area (Å²) in [5, 5.41) is 33.9. The molecule has 0 aromatic carbocycles. The fourth-order valence-electron chi connectivity index (χ4n) is 4.32. The monoisotopic (exact) mass is 592 g/mol. The van der Waals surface area contributed by atoms with Gasteiger partial charge in [0.15, 0.2) is 5.69 Å². The molecule has 0 fully saturated rings. The van der Waals surface area contributed by atoms with E-state index in [-0.39, 0.29) is 23.7 Å². The number of carbonyl (C=O) groups is 3. The first-order chi connectivity index (χ1) is 18.9. The quantitative estimate of drug-likeness (QED) is 0.185. The highest BCUT2D eigenvalue weighted by Crippen LogP contribution is 2.28. The van der Waals surface area contributed by atoms with Gasteiger partial charge >= 0.3 is 5.97 Å². The normalized spacial score (nSPS) is 14.4. The molecule has 0 unspecified atom stereocenters. The number of aliphatic hydroxyl groups excluding tert-OH is 2. The first-order valence-electron chi connectivity index (χ1n) is 13.4. The van der Waals surface area contributed by atoms with Crippen molar-refractivity contribution in [3.8, 4) is 0 Å². The van der Waals surface area contributed by atoms with E-state index < -0.39 is 18.2 Å². The van der Waals surface area contributed by atoms with Crippen LogP contribution in [0.2, 0.25) is 0 Å². The van der Waals surface area contributed by atoms with Gasteiger partial charge in [0, 0.05) is 28.5 Å². The highest BCUT2D eigenvalue weighted by atomic mass is 32.1. The van der Waals surface area contributed by atoms with E-state index in [1.54, 1.807) is 19.3 Å². The van der Waals surface area contributed by atoms with Crippen LogP contribution in [-0.2, 0) is 9.59 Å². The van der Waals surface area contributed by atoms with E-state index in [0.29, 0.717) is 30.0 Å². The number of thiazole rings is 2. The topological polar surface area (TPSA) is 144 Å². The first kappa shape index (κ1) is 36.1. The average Bonchev–Trinajstić information content (AvgIpc) is 3.55. The highest BCUT2D eigenvalue weighted by Gasteiger charge is 2.27. The van der Waals surface area contributed by atoms with Crippen LogP contribution in [0.15, 0.2) is 10.8 Å². The van der Waals surface area contributed by atoms with Gasteiger partial charge in [0.2, 0.25) is 0 Å². The van der Waals surface area contributed by atoms with Crippen LogP contribution in [0.5, 0.6) is 0 Å². The standard InChI is InChI=1S/C14H24BN2O2S.C12H18BN2O4S/c1-5-6-17(15-9-18)12(10(2)3)7-13(19)14-16-11(4)8-20-14;1-7(2)9(15(3)13-6-16)4-10(17)11-14-8(5-20-11)12(18)19/h8-10,12-13,19H,5-7H2,1-4H3;5-7,9-10,17H,4H2,1-3H3,(H,18,19)/t12-,13-;9-,10-/m11/s1. The summed E-state index contributed by atoms with van der Waals surface area (Å²) in [6.45, 7) is 13.1. The van der Waals surface area contributed by atoms with Gasteiger partial charge in [-0.1, -0.05) is 34.6 Å². The molecule has 0 bridgehead atoms. The van der Waals surface area contributed by atoms with Crippen LogP contribution in [-0.4, -0.2) is 93.8 Å². The molecule has 40 heavy (non-hydrogen) atoms. The Morgan fingerprint density at radius 1 is 0.950 bits per heavy atom. The molecular formula is C26H42B2N4O6S2. The Morgan fingerprint density at radius 2 is 1.48 bits per heavy atom. The van der Waals surface area contributed by atoms with Crippen molar-refractivity contribution < 1.29 is 29.7 Å². The van der Waals surface area contributed by atoms with Crippen molar-refractivity contribution in [2.24, 2.45) is 11.8 Å². The van der Waals surface area contributed by atoms with Gasteiger partial charge in [0.05, 0.1) is 12.4 Å². The lowest BCUT2D eigenvalue weighted by molar-refractivity contribution is 0.0690. The summed E-state index contributed by atoms with van der Waals surface area (Å²) in [7, 11) is 4.78. The Morgan fingerprint density at radius 3 is 1.90 bits per heavy atom. The number of nitrogens with zero attached hydrogens (tertiary/aromatic N) is 4. The second-order valence-electron chi connectivity index (χ2n) is 10.3. The van der Waals surface area contributed by atoms with E-state index in [1.807, 2.05) is 31.0 Å². The third-order valence-corrected chi connectivity index (χ3v) is 8.41. The van der Waals surface area contributed by atoms with E-state index in [0.717, 1.165) is 41.2 Å². The first-order valence-corrected chi connectivity index (χ1v) is 15.1. The van der Waals surface area contributed by atoms with Crippen molar-refractivity contribution >= 4 is 55.8 Å². The van der Waals surface area contributed by atoms with Crippen LogP contribution < -0.4 is 0 Å². The van der Waals surface area contributed by atoms with Gasteiger partial charge in [0.25, 0.3) is 14.8 Å². The van der Waals surface area contributed by atoms with Gasteiger partial charge in [-0.25, -0.2) is 14.8 Å². The number of hydrogen-bond acceptors (Lipinski definition) is 11. The number of aromatic carboxylic acids is 1. The van der Waals surface area contributed by atoms with Crippen LogP contribution in [0.1, 0.15) is 92.3 Å². The molecule has 2 aromatic rings. The van der Waals surface area contributed by atoms with Gasteiger partial charge < -0.3 is 34.5 Å². The lowest BCUT2D eigenvalue weighted by Gasteiger charge is -2.34. The van der Waals surface area contributed by atoms with Crippen molar-refractivity contribution in [1.29, 1.82) is 0 Å². The number of carboxylic acid groups (broad SMARTS) is 1. The lowest BCUT2D eigenvalue weighted by Crippen LogP contribution is -2.43. The Kier molecular flexibility index (Phi) is 16.7. The molecule has 2 radical (unpaired) electrons. The van der Waals surface area contributed by atoms with Gasteiger partial charge in [-0.05, 0) is 51.6 Å². The zero-order chi connectivity index (χ0) is 30.4. The number of rotatable bonds is 17. The molecule has 0 aliphatic heterocycles. The minimum atomic E-state index is -1.11. The van der Waals surface area contributed by atoms with Crippen LogP contribution in [0.4, 0.5) is 0 Å². The summed E-state index contributed by atoms with van der Waals surface area (Å²) in [6, 6.07) is 0.103. The highest BCUT2D eigenvalue weighted by molar-refractivity contribution is 7.10. The molecule has 0 aliphatic rings. The molecule has 3 N–H and O–H groups in total.